The third-order valence-electron chi connectivity index (χ3n) is 4.28. The molecule has 0 aliphatic carbocycles. The molecule has 0 aliphatic rings. The second-order valence-corrected chi connectivity index (χ2v) is 6.67. The molecule has 0 spiro atoms. The Bertz CT molecular complexity index is 863. The first-order valence-electron chi connectivity index (χ1n) is 9.43. The average molecular weight is 397 g/mol. The molecule has 154 valence electrons. The molecule has 2 rings (SSSR count). The van der Waals surface area contributed by atoms with E-state index < -0.39 is 11.8 Å². The highest BCUT2D eigenvalue weighted by molar-refractivity contribution is 6.35. The van der Waals surface area contributed by atoms with Crippen LogP contribution < -0.4 is 20.2 Å². The smallest absolute Gasteiger partial charge is 0.329 e. The summed E-state index contributed by atoms with van der Waals surface area (Å²) in [5.41, 5.74) is 5.15. The zero-order valence-electron chi connectivity index (χ0n) is 17.2. The molecule has 0 aliphatic heterocycles. The van der Waals surface area contributed by atoms with E-state index in [1.165, 1.54) is 11.8 Å². The van der Waals surface area contributed by atoms with Gasteiger partial charge >= 0.3 is 11.8 Å². The maximum absolute atomic E-state index is 11.7. The normalized spacial score (nSPS) is 11.7. The maximum atomic E-state index is 11.7. The van der Waals surface area contributed by atoms with Crippen molar-refractivity contribution in [3.63, 3.8) is 0 Å². The highest BCUT2D eigenvalue weighted by atomic mass is 16.5. The summed E-state index contributed by atoms with van der Waals surface area (Å²) < 4.78 is 11.2. The molecule has 0 heterocycles. The van der Waals surface area contributed by atoms with Crippen molar-refractivity contribution in [2.45, 2.75) is 39.8 Å². The van der Waals surface area contributed by atoms with E-state index in [1.807, 2.05) is 45.0 Å². The number of hydrogen-bond donors (Lipinski definition) is 2. The predicted octanol–water partition coefficient (Wildman–Crippen LogP) is 2.95. The van der Waals surface area contributed by atoms with Gasteiger partial charge in [0.15, 0.2) is 11.5 Å². The van der Waals surface area contributed by atoms with Gasteiger partial charge in [0.1, 0.15) is 6.61 Å². The Balaban J connectivity index is 1.95. The molecule has 0 saturated carbocycles. The number of amides is 2. The van der Waals surface area contributed by atoms with Crippen molar-refractivity contribution in [1.29, 1.82) is 0 Å². The molecule has 29 heavy (non-hydrogen) atoms. The second kappa shape index (κ2) is 10.8. The van der Waals surface area contributed by atoms with Crippen LogP contribution in [0.1, 0.15) is 37.0 Å². The predicted molar refractivity (Wildman–Crippen MR) is 112 cm³/mol. The van der Waals surface area contributed by atoms with Gasteiger partial charge in [-0.25, -0.2) is 5.43 Å². The van der Waals surface area contributed by atoms with E-state index in [0.29, 0.717) is 23.7 Å². The van der Waals surface area contributed by atoms with Crippen LogP contribution >= 0.6 is 0 Å². The third-order valence-corrected chi connectivity index (χ3v) is 4.28. The lowest BCUT2D eigenvalue weighted by Crippen LogP contribution is -2.41. The molecule has 0 aromatic heterocycles. The van der Waals surface area contributed by atoms with Crippen LogP contribution in [-0.2, 0) is 16.2 Å². The molecular formula is C22H27N3O4. The van der Waals surface area contributed by atoms with Gasteiger partial charge in [0.05, 0.1) is 13.3 Å². The minimum atomic E-state index is -0.813. The van der Waals surface area contributed by atoms with Crippen molar-refractivity contribution in [2.75, 3.05) is 7.11 Å². The van der Waals surface area contributed by atoms with Crippen LogP contribution in [0.25, 0.3) is 0 Å². The molecule has 2 N–H and O–H groups in total. The molecule has 7 heteroatoms. The number of hydrazone groups is 1. The number of hydrogen-bond acceptors (Lipinski definition) is 5. The lowest BCUT2D eigenvalue weighted by Gasteiger charge is -2.11. The van der Waals surface area contributed by atoms with Gasteiger partial charge in [-0.15, -0.1) is 0 Å². The Morgan fingerprint density at radius 3 is 2.48 bits per heavy atom. The Morgan fingerprint density at radius 2 is 1.83 bits per heavy atom. The average Bonchev–Trinajstić information content (AvgIpc) is 2.73. The van der Waals surface area contributed by atoms with Gasteiger partial charge in [-0.05, 0) is 49.6 Å². The number of nitrogens with one attached hydrogen (secondary N) is 2. The lowest BCUT2D eigenvalue weighted by atomic mass is 10.2. The van der Waals surface area contributed by atoms with E-state index in [9.17, 15) is 9.59 Å². The maximum Gasteiger partial charge on any atom is 0.329 e. The number of nitrogens with zero attached hydrogens (tertiary/aromatic N) is 1. The number of ether oxygens (including phenoxy) is 2. The zero-order valence-corrected chi connectivity index (χ0v) is 17.2. The Labute approximate surface area is 171 Å². The van der Waals surface area contributed by atoms with E-state index in [0.717, 1.165) is 12.0 Å². The molecule has 0 radical (unpaired) electrons. The van der Waals surface area contributed by atoms with Crippen molar-refractivity contribution in [1.82, 2.24) is 10.7 Å². The number of carbonyl (C=O) groups is 2. The van der Waals surface area contributed by atoms with Crippen molar-refractivity contribution in [3.8, 4) is 11.5 Å². The van der Waals surface area contributed by atoms with Gasteiger partial charge in [-0.3, -0.25) is 9.59 Å². The fraction of sp³-hybridized carbons (Fsp3) is 0.318. The lowest BCUT2D eigenvalue weighted by molar-refractivity contribution is -0.139. The molecule has 2 aromatic rings. The topological polar surface area (TPSA) is 89.0 Å². The van der Waals surface area contributed by atoms with Crippen molar-refractivity contribution in [3.05, 3.63) is 59.2 Å². The first-order chi connectivity index (χ1) is 13.9. The second-order valence-electron chi connectivity index (χ2n) is 6.67. The van der Waals surface area contributed by atoms with Gasteiger partial charge in [-0.1, -0.05) is 36.8 Å². The van der Waals surface area contributed by atoms with E-state index in [4.69, 9.17) is 9.47 Å². The number of rotatable bonds is 8. The van der Waals surface area contributed by atoms with E-state index in [1.54, 1.807) is 25.3 Å². The molecule has 0 saturated heterocycles. The highest BCUT2D eigenvalue weighted by Gasteiger charge is 2.14. The summed E-state index contributed by atoms with van der Waals surface area (Å²) in [5.74, 6) is -0.385. The van der Waals surface area contributed by atoms with Crippen molar-refractivity contribution < 1.29 is 19.1 Å². The van der Waals surface area contributed by atoms with E-state index in [2.05, 4.69) is 15.8 Å². The van der Waals surface area contributed by atoms with E-state index in [-0.39, 0.29) is 6.04 Å². The fourth-order valence-corrected chi connectivity index (χ4v) is 2.34. The number of benzene rings is 2. The molecule has 0 bridgehead atoms. The molecule has 7 nitrogen and oxygen atoms in total. The Kier molecular flexibility index (Phi) is 8.21. The molecule has 1 atom stereocenters. The number of carbonyl (C=O) groups excluding carboxylic acids is 2. The standard InChI is InChI=1S/C22H27N3O4/c1-5-16(3)24-21(26)22(27)25-23-13-18-10-11-19(20(12-18)28-4)29-14-17-8-6-15(2)7-9-17/h6-13,16H,5,14H2,1-4H3,(H,24,26)(H,25,27)/b23-13-/t16-/m0/s1. The van der Waals surface area contributed by atoms with Crippen LogP contribution in [0.5, 0.6) is 11.5 Å². The summed E-state index contributed by atoms with van der Waals surface area (Å²) in [7, 11) is 1.55. The molecule has 0 fully saturated rings. The number of methoxy groups -OCH3 is 1. The van der Waals surface area contributed by atoms with E-state index >= 15 is 0 Å². The monoisotopic (exact) mass is 397 g/mol. The largest absolute Gasteiger partial charge is 0.493 e. The Morgan fingerprint density at radius 1 is 1.10 bits per heavy atom. The van der Waals surface area contributed by atoms with Crippen LogP contribution in [0.3, 0.4) is 0 Å². The number of aryl methyl sites for hydroxylation is 1. The van der Waals surface area contributed by atoms with Gasteiger partial charge in [0.2, 0.25) is 0 Å². The molecular weight excluding hydrogens is 370 g/mol. The van der Waals surface area contributed by atoms with Crippen LogP contribution in [0.15, 0.2) is 47.6 Å². The molecule has 2 amide bonds. The summed E-state index contributed by atoms with van der Waals surface area (Å²) in [6.45, 7) is 6.20. The minimum Gasteiger partial charge on any atom is -0.493 e. The van der Waals surface area contributed by atoms with Crippen LogP contribution in [0, 0.1) is 6.92 Å². The summed E-state index contributed by atoms with van der Waals surface area (Å²) in [5, 5.41) is 6.39. The first-order valence-corrected chi connectivity index (χ1v) is 9.43. The van der Waals surface area contributed by atoms with Crippen molar-refractivity contribution in [2.24, 2.45) is 5.10 Å². The van der Waals surface area contributed by atoms with Crippen LogP contribution in [-0.4, -0.2) is 31.2 Å². The molecule has 2 aromatic carbocycles. The van der Waals surface area contributed by atoms with Gasteiger partial charge < -0.3 is 14.8 Å². The van der Waals surface area contributed by atoms with Crippen LogP contribution in [0.2, 0.25) is 0 Å². The Hall–Kier alpha value is -3.35. The summed E-state index contributed by atoms with van der Waals surface area (Å²) >= 11 is 0. The summed E-state index contributed by atoms with van der Waals surface area (Å²) in [6, 6.07) is 13.3. The zero-order chi connectivity index (χ0) is 21.2. The summed E-state index contributed by atoms with van der Waals surface area (Å²) in [6.07, 6.45) is 2.17. The summed E-state index contributed by atoms with van der Waals surface area (Å²) in [4.78, 5) is 23.4. The van der Waals surface area contributed by atoms with Crippen LogP contribution in [0.4, 0.5) is 0 Å². The minimum absolute atomic E-state index is 0.0751. The first kappa shape index (κ1) is 21.9. The quantitative estimate of drug-likeness (QED) is 0.407. The third kappa shape index (κ3) is 6.95. The fourth-order valence-electron chi connectivity index (χ4n) is 2.34. The van der Waals surface area contributed by atoms with Gasteiger partial charge in [0, 0.05) is 6.04 Å². The molecule has 0 unspecified atom stereocenters. The SMILES string of the molecule is CC[C@H](C)NC(=O)C(=O)N/N=C\c1ccc(OCc2ccc(C)cc2)c(OC)c1. The highest BCUT2D eigenvalue weighted by Crippen LogP contribution is 2.28. The van der Waals surface area contributed by atoms with Gasteiger partial charge in [0.25, 0.3) is 0 Å². The van der Waals surface area contributed by atoms with Gasteiger partial charge in [-0.2, -0.15) is 5.10 Å². The van der Waals surface area contributed by atoms with Crippen molar-refractivity contribution >= 4 is 18.0 Å².